The zero-order valence-electron chi connectivity index (χ0n) is 15.9. The lowest BCUT2D eigenvalue weighted by Gasteiger charge is -2.36. The van der Waals surface area contributed by atoms with Gasteiger partial charge >= 0.3 is 0 Å². The minimum atomic E-state index is -2.03. The standard InChI is InChI=1S/C18H21FN4O3Si/c1-18(2,3)27(4,5)26-13-9-20-17-21-16(11-22(17)10-13)14-8-12(23(24)25)6-7-15(14)19/h6-11H,1-5H3. The van der Waals surface area contributed by atoms with Crippen LogP contribution in [-0.2, 0) is 0 Å². The second kappa shape index (κ2) is 6.41. The highest BCUT2D eigenvalue weighted by atomic mass is 28.4. The van der Waals surface area contributed by atoms with Crippen molar-refractivity contribution < 1.29 is 13.7 Å². The number of halogens is 1. The molecule has 7 nitrogen and oxygen atoms in total. The van der Waals surface area contributed by atoms with Gasteiger partial charge in [0, 0.05) is 23.9 Å². The maximum absolute atomic E-state index is 14.2. The predicted octanol–water partition coefficient (Wildman–Crippen LogP) is 4.83. The Bertz CT molecular complexity index is 1030. The number of hydrogen-bond donors (Lipinski definition) is 0. The van der Waals surface area contributed by atoms with Gasteiger partial charge in [0.15, 0.2) is 0 Å². The van der Waals surface area contributed by atoms with Crippen LogP contribution in [0.25, 0.3) is 17.0 Å². The van der Waals surface area contributed by atoms with Crippen LogP contribution in [-0.4, -0.2) is 27.6 Å². The first kappa shape index (κ1) is 19.0. The Morgan fingerprint density at radius 1 is 1.26 bits per heavy atom. The summed E-state index contributed by atoms with van der Waals surface area (Å²) in [5.74, 6) is 0.387. The molecule has 142 valence electrons. The number of fused-ring (bicyclic) bond motifs is 1. The fourth-order valence-corrected chi connectivity index (χ4v) is 3.32. The molecule has 2 aromatic heterocycles. The monoisotopic (exact) mass is 388 g/mol. The van der Waals surface area contributed by atoms with Gasteiger partial charge in [-0.2, -0.15) is 0 Å². The predicted molar refractivity (Wildman–Crippen MR) is 103 cm³/mol. The minimum Gasteiger partial charge on any atom is -0.541 e. The van der Waals surface area contributed by atoms with Gasteiger partial charge in [-0.3, -0.25) is 14.5 Å². The number of benzene rings is 1. The van der Waals surface area contributed by atoms with E-state index in [0.717, 1.165) is 12.1 Å². The molecule has 0 atom stereocenters. The molecule has 0 radical (unpaired) electrons. The van der Waals surface area contributed by atoms with E-state index in [1.54, 1.807) is 23.0 Å². The summed E-state index contributed by atoms with van der Waals surface area (Å²) in [7, 11) is -2.03. The highest BCUT2D eigenvalue weighted by molar-refractivity contribution is 6.74. The normalized spacial score (nSPS) is 12.4. The molecule has 0 amide bonds. The fraction of sp³-hybridized carbons (Fsp3) is 0.333. The smallest absolute Gasteiger partial charge is 0.270 e. The molecular formula is C18H21FN4O3Si. The van der Waals surface area contributed by atoms with Crippen molar-refractivity contribution >= 4 is 19.8 Å². The number of rotatable bonds is 4. The number of nitro groups is 1. The Labute approximate surface area is 157 Å². The van der Waals surface area contributed by atoms with Crippen molar-refractivity contribution in [2.75, 3.05) is 0 Å². The molecule has 2 heterocycles. The topological polar surface area (TPSA) is 82.6 Å². The third-order valence-corrected chi connectivity index (χ3v) is 9.26. The van der Waals surface area contributed by atoms with E-state index >= 15 is 0 Å². The van der Waals surface area contributed by atoms with Crippen LogP contribution < -0.4 is 4.43 Å². The molecule has 0 aliphatic carbocycles. The second-order valence-corrected chi connectivity index (χ2v) is 12.6. The third kappa shape index (κ3) is 3.68. The Hall–Kier alpha value is -2.81. The lowest BCUT2D eigenvalue weighted by Crippen LogP contribution is -2.43. The van der Waals surface area contributed by atoms with Crippen molar-refractivity contribution in [2.24, 2.45) is 0 Å². The van der Waals surface area contributed by atoms with E-state index < -0.39 is 19.1 Å². The van der Waals surface area contributed by atoms with E-state index in [1.807, 2.05) is 0 Å². The number of nitro benzene ring substituents is 1. The minimum absolute atomic E-state index is 0.0359. The van der Waals surface area contributed by atoms with Crippen LogP contribution in [0.5, 0.6) is 5.75 Å². The summed E-state index contributed by atoms with van der Waals surface area (Å²) in [6.07, 6.45) is 4.92. The van der Waals surface area contributed by atoms with Gasteiger partial charge in [0.2, 0.25) is 5.78 Å². The van der Waals surface area contributed by atoms with Crippen molar-refractivity contribution in [3.8, 4) is 17.0 Å². The van der Waals surface area contributed by atoms with E-state index in [1.165, 1.54) is 6.07 Å². The van der Waals surface area contributed by atoms with Crippen molar-refractivity contribution in [3.63, 3.8) is 0 Å². The van der Waals surface area contributed by atoms with Crippen LogP contribution in [0.1, 0.15) is 20.8 Å². The molecule has 9 heteroatoms. The highest BCUT2D eigenvalue weighted by Gasteiger charge is 2.39. The van der Waals surface area contributed by atoms with Crippen LogP contribution in [0.15, 0.2) is 36.8 Å². The lowest BCUT2D eigenvalue weighted by molar-refractivity contribution is -0.384. The van der Waals surface area contributed by atoms with Crippen LogP contribution in [0.2, 0.25) is 18.1 Å². The van der Waals surface area contributed by atoms with Crippen LogP contribution >= 0.6 is 0 Å². The highest BCUT2D eigenvalue weighted by Crippen LogP contribution is 2.37. The molecule has 0 fully saturated rings. The number of hydrogen-bond acceptors (Lipinski definition) is 5. The summed E-state index contributed by atoms with van der Waals surface area (Å²) >= 11 is 0. The summed E-state index contributed by atoms with van der Waals surface area (Å²) in [6.45, 7) is 10.7. The maximum Gasteiger partial charge on any atom is 0.270 e. The molecule has 0 unspecified atom stereocenters. The first-order valence-electron chi connectivity index (χ1n) is 8.46. The van der Waals surface area contributed by atoms with E-state index in [9.17, 15) is 14.5 Å². The van der Waals surface area contributed by atoms with Gasteiger partial charge in [-0.1, -0.05) is 20.8 Å². The molecule has 3 aromatic rings. The molecule has 3 rings (SSSR count). The number of non-ortho nitro benzene ring substituents is 1. The first-order valence-corrected chi connectivity index (χ1v) is 11.4. The largest absolute Gasteiger partial charge is 0.541 e. The third-order valence-electron chi connectivity index (χ3n) is 4.90. The Balaban J connectivity index is 2.00. The van der Waals surface area contributed by atoms with Crippen LogP contribution in [0.4, 0.5) is 10.1 Å². The summed E-state index contributed by atoms with van der Waals surface area (Å²) in [6, 6.07) is 3.36. The molecule has 0 bridgehead atoms. The zero-order chi connectivity index (χ0) is 20.0. The van der Waals surface area contributed by atoms with Gasteiger partial charge in [0.05, 0.1) is 23.0 Å². The fourth-order valence-electron chi connectivity index (χ4n) is 2.32. The first-order chi connectivity index (χ1) is 12.5. The number of nitrogens with zero attached hydrogens (tertiary/aromatic N) is 4. The summed E-state index contributed by atoms with van der Waals surface area (Å²) in [5, 5.41) is 11.0. The van der Waals surface area contributed by atoms with Crippen molar-refractivity contribution in [3.05, 3.63) is 52.7 Å². The average Bonchev–Trinajstić information content (AvgIpc) is 2.96. The Morgan fingerprint density at radius 3 is 2.59 bits per heavy atom. The maximum atomic E-state index is 14.2. The Kier molecular flexibility index (Phi) is 4.50. The molecule has 1 aromatic carbocycles. The molecule has 0 aliphatic heterocycles. The molecule has 0 spiro atoms. The zero-order valence-corrected chi connectivity index (χ0v) is 16.9. The SMILES string of the molecule is CC(C)(C)[Si](C)(C)Oc1cnc2nc(-c3cc([N+](=O)[O-])ccc3F)cn2c1. The summed E-state index contributed by atoms with van der Waals surface area (Å²) in [5.41, 5.74) is 0.133. The van der Waals surface area contributed by atoms with Gasteiger partial charge < -0.3 is 4.43 Å². The average molecular weight is 388 g/mol. The van der Waals surface area contributed by atoms with Gasteiger partial charge in [0.1, 0.15) is 11.6 Å². The summed E-state index contributed by atoms with van der Waals surface area (Å²) in [4.78, 5) is 18.9. The van der Waals surface area contributed by atoms with Crippen LogP contribution in [0.3, 0.4) is 0 Å². The molecule has 27 heavy (non-hydrogen) atoms. The van der Waals surface area contributed by atoms with Gasteiger partial charge in [-0.25, -0.2) is 14.4 Å². The molecule has 0 saturated carbocycles. The second-order valence-electron chi connectivity index (χ2n) is 7.91. The van der Waals surface area contributed by atoms with E-state index in [2.05, 4.69) is 43.8 Å². The molecule has 0 N–H and O–H groups in total. The summed E-state index contributed by atoms with van der Waals surface area (Å²) < 4.78 is 22.0. The van der Waals surface area contributed by atoms with E-state index in [0.29, 0.717) is 11.5 Å². The molecular weight excluding hydrogens is 367 g/mol. The van der Waals surface area contributed by atoms with E-state index in [4.69, 9.17) is 4.43 Å². The molecule has 0 saturated heterocycles. The van der Waals surface area contributed by atoms with Crippen molar-refractivity contribution in [2.45, 2.75) is 38.9 Å². The van der Waals surface area contributed by atoms with Gasteiger partial charge in [-0.15, -0.1) is 0 Å². The van der Waals surface area contributed by atoms with Crippen LogP contribution in [0, 0.1) is 15.9 Å². The molecule has 0 aliphatic rings. The lowest BCUT2D eigenvalue weighted by atomic mass is 10.1. The van der Waals surface area contributed by atoms with Gasteiger partial charge in [-0.05, 0) is 24.2 Å². The number of aromatic nitrogens is 3. The van der Waals surface area contributed by atoms with E-state index in [-0.39, 0.29) is 22.0 Å². The number of imidazole rings is 1. The van der Waals surface area contributed by atoms with Crippen molar-refractivity contribution in [1.29, 1.82) is 0 Å². The quantitative estimate of drug-likeness (QED) is 0.363. The van der Waals surface area contributed by atoms with Gasteiger partial charge in [0.25, 0.3) is 14.0 Å². The van der Waals surface area contributed by atoms with Crippen molar-refractivity contribution in [1.82, 2.24) is 14.4 Å². The Morgan fingerprint density at radius 2 is 1.96 bits per heavy atom.